The molecule has 104 valence electrons. The van der Waals surface area contributed by atoms with Gasteiger partial charge in [0.1, 0.15) is 0 Å². The lowest BCUT2D eigenvalue weighted by atomic mass is 9.87. The van der Waals surface area contributed by atoms with Gasteiger partial charge in [0.15, 0.2) is 0 Å². The molecule has 2 fully saturated rings. The van der Waals surface area contributed by atoms with E-state index >= 15 is 0 Å². The van der Waals surface area contributed by atoms with Gasteiger partial charge >= 0.3 is 5.97 Å². The molecule has 2 aliphatic rings. The molecule has 0 aromatic carbocycles. The van der Waals surface area contributed by atoms with Crippen molar-refractivity contribution in [2.24, 2.45) is 11.8 Å². The van der Waals surface area contributed by atoms with Gasteiger partial charge in [0.25, 0.3) is 0 Å². The van der Waals surface area contributed by atoms with Gasteiger partial charge in [-0.2, -0.15) is 0 Å². The zero-order valence-electron chi connectivity index (χ0n) is 11.5. The van der Waals surface area contributed by atoms with Crippen LogP contribution in [0.25, 0.3) is 0 Å². The van der Waals surface area contributed by atoms with E-state index in [0.29, 0.717) is 5.92 Å². The van der Waals surface area contributed by atoms with Gasteiger partial charge < -0.3 is 14.9 Å². The van der Waals surface area contributed by atoms with Crippen LogP contribution in [0.3, 0.4) is 0 Å². The predicted molar refractivity (Wildman–Crippen MR) is 70.7 cm³/mol. The molecule has 0 aromatic rings. The van der Waals surface area contributed by atoms with Crippen molar-refractivity contribution in [2.45, 2.75) is 6.92 Å². The van der Waals surface area contributed by atoms with Crippen molar-refractivity contribution in [3.8, 4) is 0 Å². The van der Waals surface area contributed by atoms with Gasteiger partial charge in [-0.1, -0.05) is 6.92 Å². The van der Waals surface area contributed by atoms with E-state index < -0.39 is 5.97 Å². The van der Waals surface area contributed by atoms with Crippen LogP contribution in [-0.2, 0) is 4.79 Å². The lowest BCUT2D eigenvalue weighted by Gasteiger charge is -2.42. The Bertz CT molecular complexity index is 284. The van der Waals surface area contributed by atoms with Gasteiger partial charge in [-0.3, -0.25) is 9.69 Å². The van der Waals surface area contributed by atoms with E-state index in [-0.39, 0.29) is 5.92 Å². The standard InChI is InChI=1S/C13H25N3O2/c1-11(13(17)18)12-9-16(10-12)8-7-15-5-3-14(2)4-6-15/h11-12H,3-10H2,1-2H3,(H,17,18). The minimum Gasteiger partial charge on any atom is -0.481 e. The molecule has 2 rings (SSSR count). The van der Waals surface area contributed by atoms with Crippen LogP contribution in [0.2, 0.25) is 0 Å². The fourth-order valence-corrected chi connectivity index (χ4v) is 2.66. The molecule has 0 bridgehead atoms. The third-order valence-corrected chi connectivity index (χ3v) is 4.41. The minimum absolute atomic E-state index is 0.190. The van der Waals surface area contributed by atoms with Gasteiger partial charge in [-0.25, -0.2) is 0 Å². The highest BCUT2D eigenvalue weighted by Gasteiger charge is 2.34. The van der Waals surface area contributed by atoms with Gasteiger partial charge in [-0.15, -0.1) is 0 Å². The van der Waals surface area contributed by atoms with Crippen LogP contribution in [-0.4, -0.2) is 85.2 Å². The SMILES string of the molecule is CC(C(=O)O)C1CN(CCN2CCN(C)CC2)C1. The first-order valence-corrected chi connectivity index (χ1v) is 6.92. The summed E-state index contributed by atoms with van der Waals surface area (Å²) in [5.41, 5.74) is 0. The van der Waals surface area contributed by atoms with Crippen LogP contribution in [0.15, 0.2) is 0 Å². The molecule has 1 unspecified atom stereocenters. The second-order valence-electron chi connectivity index (χ2n) is 5.79. The Hall–Kier alpha value is -0.650. The molecular weight excluding hydrogens is 230 g/mol. The van der Waals surface area contributed by atoms with Crippen LogP contribution in [0.4, 0.5) is 0 Å². The average Bonchev–Trinajstić information content (AvgIpc) is 2.29. The van der Waals surface area contributed by atoms with Crippen LogP contribution in [0.5, 0.6) is 0 Å². The van der Waals surface area contributed by atoms with E-state index in [1.165, 1.54) is 26.2 Å². The Morgan fingerprint density at radius 1 is 1.17 bits per heavy atom. The maximum atomic E-state index is 10.8. The lowest BCUT2D eigenvalue weighted by Crippen LogP contribution is -2.54. The van der Waals surface area contributed by atoms with Crippen LogP contribution in [0.1, 0.15) is 6.92 Å². The largest absolute Gasteiger partial charge is 0.481 e. The summed E-state index contributed by atoms with van der Waals surface area (Å²) in [5, 5.41) is 8.93. The molecule has 0 spiro atoms. The maximum absolute atomic E-state index is 10.8. The monoisotopic (exact) mass is 255 g/mol. The molecule has 2 saturated heterocycles. The third-order valence-electron chi connectivity index (χ3n) is 4.41. The van der Waals surface area contributed by atoms with Crippen molar-refractivity contribution in [3.63, 3.8) is 0 Å². The van der Waals surface area contributed by atoms with Crippen molar-refractivity contribution < 1.29 is 9.90 Å². The number of aliphatic carboxylic acids is 1. The summed E-state index contributed by atoms with van der Waals surface area (Å²) in [5.74, 6) is -0.487. The smallest absolute Gasteiger partial charge is 0.306 e. The number of hydrogen-bond donors (Lipinski definition) is 1. The highest BCUT2D eigenvalue weighted by atomic mass is 16.4. The van der Waals surface area contributed by atoms with E-state index in [1.807, 2.05) is 6.92 Å². The summed E-state index contributed by atoms with van der Waals surface area (Å²) < 4.78 is 0. The molecule has 5 nitrogen and oxygen atoms in total. The number of rotatable bonds is 5. The van der Waals surface area contributed by atoms with Crippen molar-refractivity contribution >= 4 is 5.97 Å². The van der Waals surface area contributed by atoms with E-state index in [4.69, 9.17) is 5.11 Å². The quantitative estimate of drug-likeness (QED) is 0.742. The molecule has 0 radical (unpaired) electrons. The molecule has 2 aliphatic heterocycles. The Morgan fingerprint density at radius 2 is 1.72 bits per heavy atom. The Kier molecular flexibility index (Phi) is 4.59. The number of carbonyl (C=O) groups is 1. The Morgan fingerprint density at radius 3 is 2.28 bits per heavy atom. The molecule has 5 heteroatoms. The van der Waals surface area contributed by atoms with Crippen LogP contribution < -0.4 is 0 Å². The fraction of sp³-hybridized carbons (Fsp3) is 0.923. The molecule has 18 heavy (non-hydrogen) atoms. The summed E-state index contributed by atoms with van der Waals surface area (Å²) in [4.78, 5) is 18.1. The highest BCUT2D eigenvalue weighted by Crippen LogP contribution is 2.23. The molecule has 1 atom stereocenters. The van der Waals surface area contributed by atoms with Gasteiger partial charge in [0, 0.05) is 52.4 Å². The van der Waals surface area contributed by atoms with E-state index in [2.05, 4.69) is 21.7 Å². The van der Waals surface area contributed by atoms with Crippen molar-refractivity contribution in [3.05, 3.63) is 0 Å². The molecule has 0 aromatic heterocycles. The number of hydrogen-bond acceptors (Lipinski definition) is 4. The fourth-order valence-electron chi connectivity index (χ4n) is 2.66. The molecule has 0 amide bonds. The third kappa shape index (κ3) is 3.43. The second kappa shape index (κ2) is 5.99. The summed E-state index contributed by atoms with van der Waals surface area (Å²) >= 11 is 0. The molecular formula is C13H25N3O2. The van der Waals surface area contributed by atoms with Gasteiger partial charge in [0.05, 0.1) is 5.92 Å². The zero-order valence-corrected chi connectivity index (χ0v) is 11.5. The number of likely N-dealkylation sites (tertiary alicyclic amines) is 1. The van der Waals surface area contributed by atoms with Crippen LogP contribution >= 0.6 is 0 Å². The van der Waals surface area contributed by atoms with E-state index in [9.17, 15) is 4.79 Å². The average molecular weight is 255 g/mol. The van der Waals surface area contributed by atoms with Crippen molar-refractivity contribution in [1.29, 1.82) is 0 Å². The summed E-state index contributed by atoms with van der Waals surface area (Å²) in [7, 11) is 2.17. The predicted octanol–water partition coefficient (Wildman–Crippen LogP) is -0.114. The Balaban J connectivity index is 1.58. The number of carboxylic acids is 1. The summed E-state index contributed by atoms with van der Waals surface area (Å²) in [6.45, 7) is 10.6. The molecule has 2 heterocycles. The number of piperazine rings is 1. The topological polar surface area (TPSA) is 47.0 Å². The molecule has 0 saturated carbocycles. The van der Waals surface area contributed by atoms with Crippen molar-refractivity contribution in [2.75, 3.05) is 59.4 Å². The first kappa shape index (κ1) is 13.8. The Labute approximate surface area is 109 Å². The number of carboxylic acid groups (broad SMARTS) is 1. The summed E-state index contributed by atoms with van der Waals surface area (Å²) in [6.07, 6.45) is 0. The molecule has 0 aliphatic carbocycles. The van der Waals surface area contributed by atoms with Crippen molar-refractivity contribution in [1.82, 2.24) is 14.7 Å². The lowest BCUT2D eigenvalue weighted by molar-refractivity contribution is -0.145. The van der Waals surface area contributed by atoms with E-state index in [1.54, 1.807) is 0 Å². The summed E-state index contributed by atoms with van der Waals surface area (Å²) in [6, 6.07) is 0. The van der Waals surface area contributed by atoms with E-state index in [0.717, 1.165) is 26.2 Å². The normalized spacial score (nSPS) is 25.9. The second-order valence-corrected chi connectivity index (χ2v) is 5.79. The minimum atomic E-state index is -0.654. The molecule has 1 N–H and O–H groups in total. The van der Waals surface area contributed by atoms with Gasteiger partial charge in [0.2, 0.25) is 0 Å². The van der Waals surface area contributed by atoms with Crippen LogP contribution in [0, 0.1) is 11.8 Å². The first-order chi connectivity index (χ1) is 8.56. The highest BCUT2D eigenvalue weighted by molar-refractivity contribution is 5.70. The number of likely N-dealkylation sites (N-methyl/N-ethyl adjacent to an activating group) is 1. The van der Waals surface area contributed by atoms with Gasteiger partial charge in [-0.05, 0) is 13.0 Å². The maximum Gasteiger partial charge on any atom is 0.306 e. The first-order valence-electron chi connectivity index (χ1n) is 6.92. The number of nitrogens with zero attached hydrogens (tertiary/aromatic N) is 3. The zero-order chi connectivity index (χ0) is 13.1.